The summed E-state index contributed by atoms with van der Waals surface area (Å²) in [6, 6.07) is 5.67. The number of nitrogens with one attached hydrogen (secondary N) is 1. The molecule has 5 nitrogen and oxygen atoms in total. The maximum absolute atomic E-state index is 11.4. The van der Waals surface area contributed by atoms with E-state index in [1.54, 1.807) is 19.2 Å². The molecule has 0 saturated carbocycles. The van der Waals surface area contributed by atoms with Crippen LogP contribution in [0, 0.1) is 0 Å². The molecule has 0 aliphatic heterocycles. The lowest BCUT2D eigenvalue weighted by Crippen LogP contribution is -2.17. The number of benzene rings is 1. The number of nitrogens with zero attached hydrogens (tertiary/aromatic N) is 3. The van der Waals surface area contributed by atoms with Crippen molar-refractivity contribution in [1.29, 1.82) is 0 Å². The summed E-state index contributed by atoms with van der Waals surface area (Å²) in [4.78, 5) is 11.4. The second-order valence-electron chi connectivity index (χ2n) is 3.91. The Kier molecular flexibility index (Phi) is 2.60. The quantitative estimate of drug-likeness (QED) is 0.828. The van der Waals surface area contributed by atoms with Crippen LogP contribution >= 0.6 is 0 Å². The van der Waals surface area contributed by atoms with Crippen LogP contribution in [0.3, 0.4) is 0 Å². The second kappa shape index (κ2) is 3.92. The van der Waals surface area contributed by atoms with E-state index >= 15 is 0 Å². The van der Waals surface area contributed by atoms with Gasteiger partial charge in [-0.15, -0.1) is 5.10 Å². The third kappa shape index (κ3) is 1.64. The zero-order chi connectivity index (χ0) is 11.7. The van der Waals surface area contributed by atoms with E-state index in [1.807, 2.05) is 24.6 Å². The van der Waals surface area contributed by atoms with Crippen molar-refractivity contribution in [1.82, 2.24) is 20.3 Å². The average molecular weight is 218 g/mol. The number of amides is 1. The molecule has 0 aliphatic carbocycles. The number of carbonyl (C=O) groups excluding carboxylic acids is 1. The van der Waals surface area contributed by atoms with Gasteiger partial charge in [0.2, 0.25) is 0 Å². The fourth-order valence-corrected chi connectivity index (χ4v) is 1.61. The highest BCUT2D eigenvalue weighted by atomic mass is 16.1. The molecule has 1 heterocycles. The van der Waals surface area contributed by atoms with E-state index in [-0.39, 0.29) is 11.9 Å². The average Bonchev–Trinajstić information content (AvgIpc) is 2.70. The van der Waals surface area contributed by atoms with Gasteiger partial charge in [-0.3, -0.25) is 4.79 Å². The zero-order valence-electron chi connectivity index (χ0n) is 9.56. The van der Waals surface area contributed by atoms with Crippen LogP contribution in [0.4, 0.5) is 0 Å². The fourth-order valence-electron chi connectivity index (χ4n) is 1.61. The normalized spacial score (nSPS) is 11.0. The molecule has 0 bridgehead atoms. The van der Waals surface area contributed by atoms with Crippen molar-refractivity contribution in [3.05, 3.63) is 23.8 Å². The van der Waals surface area contributed by atoms with Crippen LogP contribution in [0.2, 0.25) is 0 Å². The number of rotatable bonds is 2. The molecule has 0 unspecified atom stereocenters. The molecule has 1 aromatic carbocycles. The van der Waals surface area contributed by atoms with Gasteiger partial charge in [-0.25, -0.2) is 4.68 Å². The molecule has 1 amide bonds. The van der Waals surface area contributed by atoms with Crippen LogP contribution in [-0.4, -0.2) is 27.9 Å². The highest BCUT2D eigenvalue weighted by Crippen LogP contribution is 2.16. The Bertz CT molecular complexity index is 530. The molecule has 0 radical (unpaired) electrons. The van der Waals surface area contributed by atoms with Gasteiger partial charge >= 0.3 is 0 Å². The highest BCUT2D eigenvalue weighted by molar-refractivity contribution is 5.97. The van der Waals surface area contributed by atoms with Gasteiger partial charge in [-0.05, 0) is 32.0 Å². The highest BCUT2D eigenvalue weighted by Gasteiger charge is 2.10. The molecule has 2 aromatic rings. The van der Waals surface area contributed by atoms with Crippen molar-refractivity contribution in [2.75, 3.05) is 7.05 Å². The van der Waals surface area contributed by atoms with E-state index in [4.69, 9.17) is 0 Å². The van der Waals surface area contributed by atoms with E-state index < -0.39 is 0 Å². The number of fused-ring (bicyclic) bond motifs is 1. The van der Waals surface area contributed by atoms with E-state index in [1.165, 1.54) is 0 Å². The van der Waals surface area contributed by atoms with Gasteiger partial charge in [0.05, 0.1) is 5.52 Å². The fraction of sp³-hybridized carbons (Fsp3) is 0.364. The molecule has 0 aliphatic rings. The van der Waals surface area contributed by atoms with Crippen LogP contribution in [-0.2, 0) is 0 Å². The van der Waals surface area contributed by atoms with Gasteiger partial charge in [-0.2, -0.15) is 0 Å². The smallest absolute Gasteiger partial charge is 0.251 e. The molecule has 0 fully saturated rings. The minimum absolute atomic E-state index is 0.110. The number of carbonyl (C=O) groups is 1. The van der Waals surface area contributed by atoms with Crippen LogP contribution in [0.25, 0.3) is 11.0 Å². The Labute approximate surface area is 93.4 Å². The Morgan fingerprint density at radius 3 is 2.81 bits per heavy atom. The van der Waals surface area contributed by atoms with E-state index in [2.05, 4.69) is 15.6 Å². The molecule has 0 atom stereocenters. The zero-order valence-corrected chi connectivity index (χ0v) is 9.56. The van der Waals surface area contributed by atoms with Gasteiger partial charge in [0, 0.05) is 18.7 Å². The van der Waals surface area contributed by atoms with Crippen LogP contribution in [0.15, 0.2) is 18.2 Å². The van der Waals surface area contributed by atoms with Gasteiger partial charge in [0.25, 0.3) is 5.91 Å². The molecular formula is C11H14N4O. The van der Waals surface area contributed by atoms with Gasteiger partial charge < -0.3 is 5.32 Å². The monoisotopic (exact) mass is 218 g/mol. The Hall–Kier alpha value is -1.91. The predicted molar refractivity (Wildman–Crippen MR) is 61.3 cm³/mol. The topological polar surface area (TPSA) is 59.8 Å². The summed E-state index contributed by atoms with van der Waals surface area (Å²) in [7, 11) is 1.61. The summed E-state index contributed by atoms with van der Waals surface area (Å²) in [6.45, 7) is 4.08. The van der Waals surface area contributed by atoms with E-state index in [9.17, 15) is 4.79 Å². The summed E-state index contributed by atoms with van der Waals surface area (Å²) in [5, 5.41) is 10.7. The third-order valence-corrected chi connectivity index (χ3v) is 2.45. The first-order valence-corrected chi connectivity index (χ1v) is 5.20. The van der Waals surface area contributed by atoms with Crippen molar-refractivity contribution in [3.8, 4) is 0 Å². The molecule has 1 aromatic heterocycles. The van der Waals surface area contributed by atoms with Crippen molar-refractivity contribution in [3.63, 3.8) is 0 Å². The minimum Gasteiger partial charge on any atom is -0.355 e. The summed E-state index contributed by atoms with van der Waals surface area (Å²) in [5.74, 6) is -0.110. The Balaban J connectivity index is 2.53. The largest absolute Gasteiger partial charge is 0.355 e. The molecule has 1 N–H and O–H groups in total. The molecule has 0 saturated heterocycles. The molecule has 5 heteroatoms. The number of aromatic nitrogens is 3. The SMILES string of the molecule is CNC(=O)c1ccc2c(c1)nnn2C(C)C. The van der Waals surface area contributed by atoms with Crippen LogP contribution in [0.5, 0.6) is 0 Å². The van der Waals surface area contributed by atoms with Crippen molar-refractivity contribution < 1.29 is 4.79 Å². The second-order valence-corrected chi connectivity index (χ2v) is 3.91. The van der Waals surface area contributed by atoms with E-state index in [0.29, 0.717) is 5.56 Å². The standard InChI is InChI=1S/C11H14N4O/c1-7(2)15-10-5-4-8(11(16)12-3)6-9(10)13-14-15/h4-7H,1-3H3,(H,12,16). The lowest BCUT2D eigenvalue weighted by molar-refractivity contribution is 0.0963. The maximum atomic E-state index is 11.4. The first-order chi connectivity index (χ1) is 7.63. The molecular weight excluding hydrogens is 204 g/mol. The first kappa shape index (κ1) is 10.6. The van der Waals surface area contributed by atoms with Gasteiger partial charge in [-0.1, -0.05) is 5.21 Å². The summed E-state index contributed by atoms with van der Waals surface area (Å²) in [6.07, 6.45) is 0. The predicted octanol–water partition coefficient (Wildman–Crippen LogP) is 1.37. The number of hydrogen-bond donors (Lipinski definition) is 1. The van der Waals surface area contributed by atoms with Crippen molar-refractivity contribution in [2.45, 2.75) is 19.9 Å². The maximum Gasteiger partial charge on any atom is 0.251 e. The van der Waals surface area contributed by atoms with Crippen molar-refractivity contribution in [2.24, 2.45) is 0 Å². The van der Waals surface area contributed by atoms with Crippen LogP contribution in [0.1, 0.15) is 30.2 Å². The summed E-state index contributed by atoms with van der Waals surface area (Å²) < 4.78 is 1.84. The van der Waals surface area contributed by atoms with Gasteiger partial charge in [0.1, 0.15) is 5.52 Å². The number of hydrogen-bond acceptors (Lipinski definition) is 3. The molecule has 84 valence electrons. The molecule has 0 spiro atoms. The van der Waals surface area contributed by atoms with E-state index in [0.717, 1.165) is 11.0 Å². The molecule has 16 heavy (non-hydrogen) atoms. The third-order valence-electron chi connectivity index (χ3n) is 2.45. The van der Waals surface area contributed by atoms with Gasteiger partial charge in [0.15, 0.2) is 0 Å². The minimum atomic E-state index is -0.110. The van der Waals surface area contributed by atoms with Crippen LogP contribution < -0.4 is 5.32 Å². The van der Waals surface area contributed by atoms with Crippen molar-refractivity contribution >= 4 is 16.9 Å². The lowest BCUT2D eigenvalue weighted by Gasteiger charge is -2.05. The summed E-state index contributed by atoms with van der Waals surface area (Å²) in [5.41, 5.74) is 2.29. The molecule has 2 rings (SSSR count). The Morgan fingerprint density at radius 2 is 2.19 bits per heavy atom. The first-order valence-electron chi connectivity index (χ1n) is 5.20. The summed E-state index contributed by atoms with van der Waals surface area (Å²) >= 11 is 0. The lowest BCUT2D eigenvalue weighted by atomic mass is 10.2. The Morgan fingerprint density at radius 1 is 1.44 bits per heavy atom.